The zero-order valence-electron chi connectivity index (χ0n) is 21.5. The van der Waals surface area contributed by atoms with Gasteiger partial charge < -0.3 is 15.5 Å². The molecule has 6 nitrogen and oxygen atoms in total. The number of thioether (sulfide) groups is 1. The number of para-hydroxylation sites is 1. The lowest BCUT2D eigenvalue weighted by atomic mass is 10.1. The Morgan fingerprint density at radius 3 is 2.30 bits per heavy atom. The van der Waals surface area contributed by atoms with Crippen LogP contribution in [-0.4, -0.2) is 30.0 Å². The summed E-state index contributed by atoms with van der Waals surface area (Å²) in [6.45, 7) is 0.705. The van der Waals surface area contributed by atoms with Crippen LogP contribution in [0.4, 0.5) is 11.4 Å². The fourth-order valence-corrected chi connectivity index (χ4v) is 5.22. The number of anilines is 2. The molecule has 0 fully saturated rings. The summed E-state index contributed by atoms with van der Waals surface area (Å²) >= 11 is 7.45. The Balaban J connectivity index is 1.23. The number of halogens is 1. The highest BCUT2D eigenvalue weighted by Gasteiger charge is 2.24. The molecule has 0 spiro atoms. The summed E-state index contributed by atoms with van der Waals surface area (Å²) < 4.78 is 0. The number of rotatable bonds is 8. The second kappa shape index (κ2) is 12.7. The van der Waals surface area contributed by atoms with E-state index in [1.807, 2.05) is 41.3 Å². The van der Waals surface area contributed by atoms with Gasteiger partial charge in [-0.1, -0.05) is 60.1 Å². The number of nitrogens with zero attached hydrogens (tertiary/aromatic N) is 1. The van der Waals surface area contributed by atoms with Gasteiger partial charge in [-0.3, -0.25) is 14.4 Å². The van der Waals surface area contributed by atoms with Crippen LogP contribution >= 0.6 is 23.4 Å². The molecule has 0 unspecified atom stereocenters. The number of fused-ring (bicyclic) bond motifs is 1. The molecule has 1 heterocycles. The predicted molar refractivity (Wildman–Crippen MR) is 162 cm³/mol. The van der Waals surface area contributed by atoms with Crippen LogP contribution < -0.4 is 15.5 Å². The second-order valence-electron chi connectivity index (χ2n) is 9.12. The molecule has 0 radical (unpaired) electrons. The number of carbonyl (C=O) groups excluding carboxylic acids is 3. The number of benzene rings is 4. The quantitative estimate of drug-likeness (QED) is 0.190. The molecular weight excluding hydrogens is 542 g/mol. The zero-order valence-corrected chi connectivity index (χ0v) is 23.0. The second-order valence-corrected chi connectivity index (χ2v) is 10.6. The van der Waals surface area contributed by atoms with Gasteiger partial charge in [0.1, 0.15) is 5.70 Å². The number of hydrogen-bond donors (Lipinski definition) is 2. The Kier molecular flexibility index (Phi) is 8.64. The third-order valence-electron chi connectivity index (χ3n) is 6.37. The van der Waals surface area contributed by atoms with Gasteiger partial charge in [-0.05, 0) is 78.2 Å². The topological polar surface area (TPSA) is 78.5 Å². The van der Waals surface area contributed by atoms with Crippen LogP contribution in [-0.2, 0) is 16.0 Å². The van der Waals surface area contributed by atoms with Gasteiger partial charge in [0.2, 0.25) is 5.91 Å². The van der Waals surface area contributed by atoms with E-state index in [-0.39, 0.29) is 11.6 Å². The molecule has 200 valence electrons. The average molecular weight is 568 g/mol. The van der Waals surface area contributed by atoms with Crippen molar-refractivity contribution >= 4 is 58.5 Å². The Labute approximate surface area is 242 Å². The van der Waals surface area contributed by atoms with Crippen molar-refractivity contribution in [2.45, 2.75) is 11.3 Å². The lowest BCUT2D eigenvalue weighted by molar-refractivity contribution is -0.116. The fourth-order valence-electron chi connectivity index (χ4n) is 4.32. The lowest BCUT2D eigenvalue weighted by Crippen LogP contribution is -2.30. The highest BCUT2D eigenvalue weighted by Crippen LogP contribution is 2.29. The lowest BCUT2D eigenvalue weighted by Gasteiger charge is -2.17. The molecule has 0 saturated carbocycles. The molecule has 0 aliphatic carbocycles. The molecule has 4 aromatic carbocycles. The maximum atomic E-state index is 13.2. The summed E-state index contributed by atoms with van der Waals surface area (Å²) in [6.07, 6.45) is 2.47. The fraction of sp³-hybridized carbons (Fsp3) is 0.0938. The van der Waals surface area contributed by atoms with Crippen molar-refractivity contribution in [2.75, 3.05) is 22.5 Å². The molecule has 8 heteroatoms. The Bertz CT molecular complexity index is 1550. The number of amides is 3. The van der Waals surface area contributed by atoms with Crippen molar-refractivity contribution in [2.24, 2.45) is 0 Å². The molecular formula is C32H26ClN3O3S. The number of carbonyl (C=O) groups is 3. The first kappa shape index (κ1) is 27.2. The van der Waals surface area contributed by atoms with Crippen molar-refractivity contribution in [1.29, 1.82) is 0 Å². The third-order valence-corrected chi connectivity index (χ3v) is 7.62. The van der Waals surface area contributed by atoms with Gasteiger partial charge in [-0.15, -0.1) is 11.8 Å². The highest BCUT2D eigenvalue weighted by atomic mass is 35.5. The normalized spacial score (nSPS) is 12.5. The first-order valence-corrected chi connectivity index (χ1v) is 14.1. The average Bonchev–Trinajstić information content (AvgIpc) is 3.42. The summed E-state index contributed by atoms with van der Waals surface area (Å²) in [7, 11) is 0. The summed E-state index contributed by atoms with van der Waals surface area (Å²) in [5.74, 6) is -0.478. The van der Waals surface area contributed by atoms with Crippen molar-refractivity contribution in [3.05, 3.63) is 131 Å². The van der Waals surface area contributed by atoms with Gasteiger partial charge in [-0.25, -0.2) is 0 Å². The van der Waals surface area contributed by atoms with E-state index in [1.165, 1.54) is 17.3 Å². The van der Waals surface area contributed by atoms with Crippen molar-refractivity contribution in [1.82, 2.24) is 5.32 Å². The summed E-state index contributed by atoms with van der Waals surface area (Å²) in [6, 6.07) is 30.9. The first-order valence-electron chi connectivity index (χ1n) is 12.7. The minimum atomic E-state index is -0.470. The SMILES string of the molecule is O=C(Nc1ccc(SCC(=O)N2CCc3ccccc32)cc1)/C(=C/c1ccc(Cl)cc1)NC(=O)c1ccccc1. The molecule has 40 heavy (non-hydrogen) atoms. The molecule has 5 rings (SSSR count). The summed E-state index contributed by atoms with van der Waals surface area (Å²) in [5.41, 5.74) is 3.99. The minimum absolute atomic E-state index is 0.0680. The van der Waals surface area contributed by atoms with E-state index in [0.29, 0.717) is 34.1 Å². The van der Waals surface area contributed by atoms with Gasteiger partial charge in [0.15, 0.2) is 0 Å². The predicted octanol–water partition coefficient (Wildman–Crippen LogP) is 6.43. The van der Waals surface area contributed by atoms with Gasteiger partial charge in [0, 0.05) is 33.4 Å². The largest absolute Gasteiger partial charge is 0.321 e. The monoisotopic (exact) mass is 567 g/mol. The van der Waals surface area contributed by atoms with Crippen molar-refractivity contribution in [3.63, 3.8) is 0 Å². The molecule has 4 aromatic rings. The van der Waals surface area contributed by atoms with E-state index in [4.69, 9.17) is 11.6 Å². The molecule has 0 aromatic heterocycles. The van der Waals surface area contributed by atoms with Gasteiger partial charge >= 0.3 is 0 Å². The Hall–Kier alpha value is -4.33. The number of nitrogens with one attached hydrogen (secondary N) is 2. The molecule has 1 aliphatic rings. The molecule has 3 amide bonds. The van der Waals surface area contributed by atoms with E-state index in [1.54, 1.807) is 66.7 Å². The molecule has 0 atom stereocenters. The third kappa shape index (κ3) is 6.81. The van der Waals surface area contributed by atoms with Gasteiger partial charge in [0.05, 0.1) is 5.75 Å². The van der Waals surface area contributed by atoms with Crippen LogP contribution in [0.5, 0.6) is 0 Å². The van der Waals surface area contributed by atoms with E-state index in [2.05, 4.69) is 16.7 Å². The van der Waals surface area contributed by atoms with Crippen LogP contribution in [0.25, 0.3) is 6.08 Å². The van der Waals surface area contributed by atoms with Crippen LogP contribution in [0.1, 0.15) is 21.5 Å². The molecule has 0 bridgehead atoms. The highest BCUT2D eigenvalue weighted by molar-refractivity contribution is 8.00. The van der Waals surface area contributed by atoms with Gasteiger partial charge in [0.25, 0.3) is 11.8 Å². The minimum Gasteiger partial charge on any atom is -0.321 e. The number of hydrogen-bond acceptors (Lipinski definition) is 4. The van der Waals surface area contributed by atoms with E-state index in [0.717, 1.165) is 17.0 Å². The van der Waals surface area contributed by atoms with Gasteiger partial charge in [-0.2, -0.15) is 0 Å². The maximum absolute atomic E-state index is 13.2. The zero-order chi connectivity index (χ0) is 27.9. The first-order chi connectivity index (χ1) is 19.5. The van der Waals surface area contributed by atoms with Crippen molar-refractivity contribution in [3.8, 4) is 0 Å². The maximum Gasteiger partial charge on any atom is 0.272 e. The van der Waals surface area contributed by atoms with E-state index >= 15 is 0 Å². The molecule has 0 saturated heterocycles. The van der Waals surface area contributed by atoms with Crippen LogP contribution in [0.15, 0.2) is 114 Å². The van der Waals surface area contributed by atoms with E-state index in [9.17, 15) is 14.4 Å². The Morgan fingerprint density at radius 2 is 1.55 bits per heavy atom. The Morgan fingerprint density at radius 1 is 0.850 bits per heavy atom. The molecule has 1 aliphatic heterocycles. The smallest absolute Gasteiger partial charge is 0.272 e. The molecule has 2 N–H and O–H groups in total. The van der Waals surface area contributed by atoms with Crippen LogP contribution in [0.3, 0.4) is 0 Å². The van der Waals surface area contributed by atoms with E-state index < -0.39 is 11.8 Å². The summed E-state index contributed by atoms with van der Waals surface area (Å²) in [4.78, 5) is 41.6. The van der Waals surface area contributed by atoms with Crippen LogP contribution in [0, 0.1) is 0 Å². The van der Waals surface area contributed by atoms with Crippen LogP contribution in [0.2, 0.25) is 5.02 Å². The standard InChI is InChI=1S/C32H26ClN3O3S/c33-25-12-10-22(11-13-25)20-28(35-31(38)24-7-2-1-3-8-24)32(39)34-26-14-16-27(17-15-26)40-21-30(37)36-19-18-23-6-4-5-9-29(23)36/h1-17,20H,18-19,21H2,(H,34,39)(H,35,38)/b28-20-. The summed E-state index contributed by atoms with van der Waals surface area (Å²) in [5, 5.41) is 6.14. The van der Waals surface area contributed by atoms with Crippen molar-refractivity contribution < 1.29 is 14.4 Å².